The molecule has 0 bridgehead atoms. The summed E-state index contributed by atoms with van der Waals surface area (Å²) < 4.78 is 0. The van der Waals surface area contributed by atoms with Crippen LogP contribution in [0.3, 0.4) is 0 Å². The maximum absolute atomic E-state index is 12.5. The summed E-state index contributed by atoms with van der Waals surface area (Å²) in [5, 5.41) is 11.8. The molecule has 108 valence electrons. The van der Waals surface area contributed by atoms with Crippen molar-refractivity contribution in [3.63, 3.8) is 0 Å². The number of rotatable bonds is 4. The van der Waals surface area contributed by atoms with Crippen LogP contribution in [0.4, 0.5) is 4.79 Å². The molecule has 2 fully saturated rings. The van der Waals surface area contributed by atoms with Crippen molar-refractivity contribution in [3.05, 3.63) is 0 Å². The van der Waals surface area contributed by atoms with Gasteiger partial charge in [-0.2, -0.15) is 0 Å². The highest BCUT2D eigenvalue weighted by Crippen LogP contribution is 2.30. The fraction of sp³-hybridized carbons (Fsp3) is 0.833. The van der Waals surface area contributed by atoms with E-state index in [-0.39, 0.29) is 31.1 Å². The Kier molecular flexibility index (Phi) is 4.07. The van der Waals surface area contributed by atoms with Crippen molar-refractivity contribution < 1.29 is 14.7 Å². The standard InChI is InChI=1S/C12H22N4O3/c1-9(8-13)16-10(18)12(14-11(16)19)2-4-15(5-3-12)6-7-17/h9,17H,2-8,13H2,1H3,(H,14,19). The second kappa shape index (κ2) is 5.44. The molecule has 2 rings (SSSR count). The van der Waals surface area contributed by atoms with E-state index >= 15 is 0 Å². The van der Waals surface area contributed by atoms with Crippen molar-refractivity contribution in [1.82, 2.24) is 15.1 Å². The van der Waals surface area contributed by atoms with Gasteiger partial charge in [0.05, 0.1) is 12.6 Å². The van der Waals surface area contributed by atoms with E-state index in [9.17, 15) is 9.59 Å². The first-order valence-electron chi connectivity index (χ1n) is 6.73. The highest BCUT2D eigenvalue weighted by molar-refractivity contribution is 6.07. The molecule has 1 unspecified atom stereocenters. The number of hydrogen-bond acceptors (Lipinski definition) is 5. The first kappa shape index (κ1) is 14.2. The minimum atomic E-state index is -0.757. The van der Waals surface area contributed by atoms with Gasteiger partial charge in [0.2, 0.25) is 0 Å². The number of piperidine rings is 1. The van der Waals surface area contributed by atoms with Crippen LogP contribution >= 0.6 is 0 Å². The molecule has 4 N–H and O–H groups in total. The molecule has 0 aromatic carbocycles. The molecular formula is C12H22N4O3. The number of carbonyl (C=O) groups excluding carboxylic acids is 2. The van der Waals surface area contributed by atoms with Crippen molar-refractivity contribution >= 4 is 11.9 Å². The molecule has 1 atom stereocenters. The Labute approximate surface area is 112 Å². The van der Waals surface area contributed by atoms with E-state index in [0.29, 0.717) is 32.5 Å². The summed E-state index contributed by atoms with van der Waals surface area (Å²) in [4.78, 5) is 27.8. The minimum Gasteiger partial charge on any atom is -0.395 e. The van der Waals surface area contributed by atoms with Crippen molar-refractivity contribution in [2.45, 2.75) is 31.3 Å². The Morgan fingerprint density at radius 2 is 2.05 bits per heavy atom. The van der Waals surface area contributed by atoms with Gasteiger partial charge in [0.1, 0.15) is 5.54 Å². The number of hydrogen-bond donors (Lipinski definition) is 3. The molecule has 1 spiro atoms. The van der Waals surface area contributed by atoms with E-state index < -0.39 is 5.54 Å². The van der Waals surface area contributed by atoms with E-state index in [1.54, 1.807) is 6.92 Å². The lowest BCUT2D eigenvalue weighted by Crippen LogP contribution is -2.55. The number of aliphatic hydroxyl groups is 1. The van der Waals surface area contributed by atoms with Gasteiger partial charge in [-0.25, -0.2) is 4.79 Å². The largest absolute Gasteiger partial charge is 0.395 e. The molecular weight excluding hydrogens is 248 g/mol. The molecule has 0 saturated carbocycles. The lowest BCUT2D eigenvalue weighted by molar-refractivity contribution is -0.134. The van der Waals surface area contributed by atoms with Crippen LogP contribution in [0.2, 0.25) is 0 Å². The molecule has 19 heavy (non-hydrogen) atoms. The Bertz CT molecular complexity index is 366. The van der Waals surface area contributed by atoms with E-state index in [1.807, 2.05) is 0 Å². The summed E-state index contributed by atoms with van der Waals surface area (Å²) in [7, 11) is 0. The maximum Gasteiger partial charge on any atom is 0.325 e. The van der Waals surface area contributed by atoms with Crippen LogP contribution < -0.4 is 11.1 Å². The van der Waals surface area contributed by atoms with Crippen LogP contribution in [0, 0.1) is 0 Å². The average Bonchev–Trinajstić information content (AvgIpc) is 2.64. The number of nitrogens with two attached hydrogens (primary N) is 1. The predicted octanol–water partition coefficient (Wildman–Crippen LogP) is -1.29. The SMILES string of the molecule is CC(CN)N1C(=O)NC2(CCN(CCO)CC2)C1=O. The second-order valence-corrected chi connectivity index (χ2v) is 5.34. The Hall–Kier alpha value is -1.18. The van der Waals surface area contributed by atoms with Crippen molar-refractivity contribution in [3.8, 4) is 0 Å². The predicted molar refractivity (Wildman–Crippen MR) is 69.4 cm³/mol. The highest BCUT2D eigenvalue weighted by Gasteiger charge is 2.53. The summed E-state index contributed by atoms with van der Waals surface area (Å²) in [6, 6.07) is -0.610. The number of nitrogens with zero attached hydrogens (tertiary/aromatic N) is 2. The van der Waals surface area contributed by atoms with Gasteiger partial charge in [-0.05, 0) is 19.8 Å². The van der Waals surface area contributed by atoms with Gasteiger partial charge in [0.15, 0.2) is 0 Å². The molecule has 7 heteroatoms. The zero-order valence-corrected chi connectivity index (χ0v) is 11.3. The number of carbonyl (C=O) groups is 2. The van der Waals surface area contributed by atoms with Crippen LogP contribution in [-0.2, 0) is 4.79 Å². The number of nitrogens with one attached hydrogen (secondary N) is 1. The number of likely N-dealkylation sites (tertiary alicyclic amines) is 1. The molecule has 0 aromatic rings. The fourth-order valence-electron chi connectivity index (χ4n) is 2.79. The maximum atomic E-state index is 12.5. The quantitative estimate of drug-likeness (QED) is 0.552. The summed E-state index contributed by atoms with van der Waals surface area (Å²) in [5.41, 5.74) is 4.79. The molecule has 7 nitrogen and oxygen atoms in total. The molecule has 2 saturated heterocycles. The van der Waals surface area contributed by atoms with Crippen LogP contribution in [0.25, 0.3) is 0 Å². The lowest BCUT2D eigenvalue weighted by atomic mass is 9.87. The normalized spacial score (nSPS) is 24.9. The van der Waals surface area contributed by atoms with E-state index in [1.165, 1.54) is 4.90 Å². The van der Waals surface area contributed by atoms with Gasteiger partial charge in [-0.3, -0.25) is 9.69 Å². The third kappa shape index (κ3) is 2.45. The second-order valence-electron chi connectivity index (χ2n) is 5.34. The number of urea groups is 1. The molecule has 0 aliphatic carbocycles. The number of imide groups is 1. The highest BCUT2D eigenvalue weighted by atomic mass is 16.3. The minimum absolute atomic E-state index is 0.115. The first-order valence-corrected chi connectivity index (χ1v) is 6.73. The Morgan fingerprint density at radius 3 is 2.58 bits per heavy atom. The molecule has 3 amide bonds. The third-order valence-corrected chi connectivity index (χ3v) is 4.10. The topological polar surface area (TPSA) is 98.9 Å². The van der Waals surface area contributed by atoms with Gasteiger partial charge in [-0.15, -0.1) is 0 Å². The summed E-state index contributed by atoms with van der Waals surface area (Å²) in [5.74, 6) is -0.154. The van der Waals surface area contributed by atoms with Crippen molar-refractivity contribution in [2.24, 2.45) is 5.73 Å². The Balaban J connectivity index is 2.07. The van der Waals surface area contributed by atoms with Crippen molar-refractivity contribution in [1.29, 1.82) is 0 Å². The fourth-order valence-corrected chi connectivity index (χ4v) is 2.79. The van der Waals surface area contributed by atoms with E-state index in [2.05, 4.69) is 10.2 Å². The first-order chi connectivity index (χ1) is 9.04. The smallest absolute Gasteiger partial charge is 0.325 e. The zero-order chi connectivity index (χ0) is 14.0. The van der Waals surface area contributed by atoms with Gasteiger partial charge >= 0.3 is 6.03 Å². The molecule has 0 radical (unpaired) electrons. The zero-order valence-electron chi connectivity index (χ0n) is 11.3. The van der Waals surface area contributed by atoms with Crippen LogP contribution in [0.5, 0.6) is 0 Å². The summed E-state index contributed by atoms with van der Waals surface area (Å²) in [6.07, 6.45) is 1.18. The van der Waals surface area contributed by atoms with Gasteiger partial charge in [-0.1, -0.05) is 0 Å². The molecule has 2 heterocycles. The lowest BCUT2D eigenvalue weighted by Gasteiger charge is -2.37. The van der Waals surface area contributed by atoms with Crippen LogP contribution in [0.1, 0.15) is 19.8 Å². The number of β-amino-alcohol motifs (C(OH)–C–C–N with tert-alkyl or cyclic N) is 1. The third-order valence-electron chi connectivity index (χ3n) is 4.10. The monoisotopic (exact) mass is 270 g/mol. The summed E-state index contributed by atoms with van der Waals surface area (Å²) in [6.45, 7) is 4.18. The number of aliphatic hydroxyl groups excluding tert-OH is 1. The van der Waals surface area contributed by atoms with Gasteiger partial charge in [0.25, 0.3) is 5.91 Å². The average molecular weight is 270 g/mol. The molecule has 0 aromatic heterocycles. The Morgan fingerprint density at radius 1 is 1.42 bits per heavy atom. The van der Waals surface area contributed by atoms with Gasteiger partial charge < -0.3 is 21.1 Å². The van der Waals surface area contributed by atoms with E-state index in [0.717, 1.165) is 0 Å². The summed E-state index contributed by atoms with van der Waals surface area (Å²) >= 11 is 0. The van der Waals surface area contributed by atoms with Gasteiger partial charge in [0, 0.05) is 26.2 Å². The molecule has 2 aliphatic rings. The van der Waals surface area contributed by atoms with Crippen molar-refractivity contribution in [2.75, 3.05) is 32.8 Å². The van der Waals surface area contributed by atoms with E-state index in [4.69, 9.17) is 10.8 Å². The molecule has 2 aliphatic heterocycles. The number of amides is 3. The van der Waals surface area contributed by atoms with Crippen LogP contribution in [0.15, 0.2) is 0 Å². The van der Waals surface area contributed by atoms with Crippen LogP contribution in [-0.4, -0.2) is 71.2 Å².